The van der Waals surface area contributed by atoms with Gasteiger partial charge in [-0.2, -0.15) is 0 Å². The SMILES string of the molecule is CCN1CCN(C2CCN(C(=O)C(Cc3c[nH]c4cc(F)ccc34)NC(C)=O)C2)CC1. The van der Waals surface area contributed by atoms with Crippen LogP contribution in [-0.2, 0) is 16.0 Å². The maximum atomic E-state index is 13.5. The van der Waals surface area contributed by atoms with Crippen LogP contribution in [0.4, 0.5) is 4.39 Å². The van der Waals surface area contributed by atoms with E-state index in [4.69, 9.17) is 0 Å². The maximum Gasteiger partial charge on any atom is 0.245 e. The molecule has 8 heteroatoms. The summed E-state index contributed by atoms with van der Waals surface area (Å²) in [4.78, 5) is 35.1. The van der Waals surface area contributed by atoms with Crippen molar-refractivity contribution >= 4 is 22.7 Å². The fraction of sp³-hybridized carbons (Fsp3) is 0.565. The molecule has 2 aliphatic heterocycles. The molecule has 2 fully saturated rings. The number of likely N-dealkylation sites (tertiary alicyclic amines) is 1. The molecule has 168 valence electrons. The standard InChI is InChI=1S/C23H32FN5O2/c1-3-27-8-10-28(11-9-27)19-6-7-29(15-19)23(31)22(26-16(2)30)12-17-14-25-21-13-18(24)4-5-20(17)21/h4-5,13-14,19,22,25H,3,6-12,15H2,1-2H3,(H,26,30). The summed E-state index contributed by atoms with van der Waals surface area (Å²) in [6, 6.07) is 4.33. The number of nitrogens with one attached hydrogen (secondary N) is 2. The molecule has 7 nitrogen and oxygen atoms in total. The third kappa shape index (κ3) is 4.91. The van der Waals surface area contributed by atoms with Gasteiger partial charge in [0.25, 0.3) is 0 Å². The van der Waals surface area contributed by atoms with Crippen LogP contribution in [0, 0.1) is 5.82 Å². The summed E-state index contributed by atoms with van der Waals surface area (Å²) >= 11 is 0. The van der Waals surface area contributed by atoms with Gasteiger partial charge in [-0.05, 0) is 36.7 Å². The highest BCUT2D eigenvalue weighted by molar-refractivity contribution is 5.89. The number of carbonyl (C=O) groups excluding carboxylic acids is 2. The average Bonchev–Trinajstić information content (AvgIpc) is 3.40. The van der Waals surface area contributed by atoms with Gasteiger partial charge in [-0.25, -0.2) is 4.39 Å². The molecule has 2 aliphatic rings. The molecule has 2 saturated heterocycles. The lowest BCUT2D eigenvalue weighted by Gasteiger charge is -2.37. The monoisotopic (exact) mass is 429 g/mol. The largest absolute Gasteiger partial charge is 0.361 e. The minimum Gasteiger partial charge on any atom is -0.361 e. The summed E-state index contributed by atoms with van der Waals surface area (Å²) in [5.74, 6) is -0.574. The van der Waals surface area contributed by atoms with Crippen molar-refractivity contribution in [3.63, 3.8) is 0 Å². The molecule has 0 bridgehead atoms. The zero-order valence-corrected chi connectivity index (χ0v) is 18.4. The molecule has 1 aromatic carbocycles. The second kappa shape index (κ2) is 9.36. The van der Waals surface area contributed by atoms with Crippen LogP contribution in [-0.4, -0.2) is 89.4 Å². The molecule has 2 N–H and O–H groups in total. The van der Waals surface area contributed by atoms with E-state index in [9.17, 15) is 14.0 Å². The van der Waals surface area contributed by atoms with E-state index in [-0.39, 0.29) is 17.6 Å². The van der Waals surface area contributed by atoms with Gasteiger partial charge in [-0.1, -0.05) is 6.92 Å². The van der Waals surface area contributed by atoms with Gasteiger partial charge in [0.15, 0.2) is 0 Å². The van der Waals surface area contributed by atoms with Crippen LogP contribution in [0.25, 0.3) is 10.9 Å². The Kier molecular flexibility index (Phi) is 6.57. The Balaban J connectivity index is 1.43. The maximum absolute atomic E-state index is 13.5. The minimum absolute atomic E-state index is 0.0404. The molecule has 3 heterocycles. The number of carbonyl (C=O) groups is 2. The van der Waals surface area contributed by atoms with E-state index in [1.165, 1.54) is 19.1 Å². The number of benzene rings is 1. The lowest BCUT2D eigenvalue weighted by molar-refractivity contribution is -0.135. The van der Waals surface area contributed by atoms with E-state index in [0.717, 1.165) is 50.1 Å². The summed E-state index contributed by atoms with van der Waals surface area (Å²) in [5.41, 5.74) is 1.59. The Bertz CT molecular complexity index is 937. The third-order valence-corrected chi connectivity index (χ3v) is 6.67. The molecule has 31 heavy (non-hydrogen) atoms. The average molecular weight is 430 g/mol. The number of H-pyrrole nitrogens is 1. The van der Waals surface area contributed by atoms with E-state index in [1.807, 2.05) is 4.90 Å². The van der Waals surface area contributed by atoms with Gasteiger partial charge >= 0.3 is 0 Å². The number of halogens is 1. The van der Waals surface area contributed by atoms with E-state index in [1.54, 1.807) is 12.3 Å². The van der Waals surface area contributed by atoms with Gasteiger partial charge < -0.3 is 20.1 Å². The molecule has 2 amide bonds. The fourth-order valence-corrected chi connectivity index (χ4v) is 4.90. The van der Waals surface area contributed by atoms with Crippen molar-refractivity contribution < 1.29 is 14.0 Å². The van der Waals surface area contributed by atoms with Gasteiger partial charge in [-0.15, -0.1) is 0 Å². The van der Waals surface area contributed by atoms with E-state index < -0.39 is 6.04 Å². The Morgan fingerprint density at radius 2 is 2.00 bits per heavy atom. The van der Waals surface area contributed by atoms with Crippen LogP contribution in [0.15, 0.2) is 24.4 Å². The van der Waals surface area contributed by atoms with Crippen LogP contribution in [0.5, 0.6) is 0 Å². The van der Waals surface area contributed by atoms with Gasteiger partial charge in [-0.3, -0.25) is 14.5 Å². The number of fused-ring (bicyclic) bond motifs is 1. The second-order valence-electron chi connectivity index (χ2n) is 8.66. The van der Waals surface area contributed by atoms with E-state index in [0.29, 0.717) is 31.1 Å². The van der Waals surface area contributed by atoms with E-state index in [2.05, 4.69) is 27.0 Å². The lowest BCUT2D eigenvalue weighted by atomic mass is 10.0. The van der Waals surface area contributed by atoms with Crippen molar-refractivity contribution in [3.05, 3.63) is 35.8 Å². The third-order valence-electron chi connectivity index (χ3n) is 6.67. The molecule has 4 rings (SSSR count). The Hall–Kier alpha value is -2.45. The normalized spacial score (nSPS) is 21.5. The number of aromatic amines is 1. The summed E-state index contributed by atoms with van der Waals surface area (Å²) in [5, 5.41) is 3.71. The number of aromatic nitrogens is 1. The highest BCUT2D eigenvalue weighted by Crippen LogP contribution is 2.23. The van der Waals surface area contributed by atoms with Crippen LogP contribution in [0.1, 0.15) is 25.8 Å². The van der Waals surface area contributed by atoms with Crippen molar-refractivity contribution in [3.8, 4) is 0 Å². The first-order valence-electron chi connectivity index (χ1n) is 11.2. The number of piperazine rings is 1. The quantitative estimate of drug-likeness (QED) is 0.732. The smallest absolute Gasteiger partial charge is 0.245 e. The number of rotatable bonds is 6. The number of nitrogens with zero attached hydrogens (tertiary/aromatic N) is 3. The number of likely N-dealkylation sites (N-methyl/N-ethyl adjacent to an activating group) is 1. The van der Waals surface area contributed by atoms with Crippen molar-refractivity contribution in [1.29, 1.82) is 0 Å². The van der Waals surface area contributed by atoms with Gasteiger partial charge in [0.2, 0.25) is 11.8 Å². The summed E-state index contributed by atoms with van der Waals surface area (Å²) in [6.07, 6.45) is 3.14. The van der Waals surface area contributed by atoms with Crippen molar-refractivity contribution in [2.75, 3.05) is 45.8 Å². The van der Waals surface area contributed by atoms with Crippen molar-refractivity contribution in [1.82, 2.24) is 25.0 Å². The van der Waals surface area contributed by atoms with Gasteiger partial charge in [0, 0.05) is 75.8 Å². The zero-order chi connectivity index (χ0) is 22.0. The Labute approximate surface area is 182 Å². The lowest BCUT2D eigenvalue weighted by Crippen LogP contribution is -2.52. The summed E-state index contributed by atoms with van der Waals surface area (Å²) in [7, 11) is 0. The predicted octanol–water partition coefficient (Wildman–Crippen LogP) is 1.59. The number of hydrogen-bond acceptors (Lipinski definition) is 4. The van der Waals surface area contributed by atoms with Gasteiger partial charge in [0.05, 0.1) is 0 Å². The zero-order valence-electron chi connectivity index (χ0n) is 18.4. The highest BCUT2D eigenvalue weighted by Gasteiger charge is 2.35. The first kappa shape index (κ1) is 21.8. The Morgan fingerprint density at radius 3 is 2.71 bits per heavy atom. The molecule has 2 unspecified atom stereocenters. The van der Waals surface area contributed by atoms with E-state index >= 15 is 0 Å². The summed E-state index contributed by atoms with van der Waals surface area (Å²) < 4.78 is 13.5. The first-order valence-corrected chi connectivity index (χ1v) is 11.2. The topological polar surface area (TPSA) is 71.7 Å². The minimum atomic E-state index is -0.628. The molecular formula is C23H32FN5O2. The number of hydrogen-bond donors (Lipinski definition) is 2. The predicted molar refractivity (Wildman–Crippen MR) is 118 cm³/mol. The van der Waals surface area contributed by atoms with Crippen molar-refractivity contribution in [2.24, 2.45) is 0 Å². The molecule has 0 saturated carbocycles. The van der Waals surface area contributed by atoms with Crippen LogP contribution >= 0.6 is 0 Å². The molecule has 0 aliphatic carbocycles. The molecule has 0 radical (unpaired) electrons. The first-order chi connectivity index (χ1) is 14.9. The Morgan fingerprint density at radius 1 is 1.23 bits per heavy atom. The molecular weight excluding hydrogens is 397 g/mol. The molecule has 0 spiro atoms. The summed E-state index contributed by atoms with van der Waals surface area (Å²) in [6.45, 7) is 10.4. The fourth-order valence-electron chi connectivity index (χ4n) is 4.90. The molecule has 2 aromatic rings. The molecule has 2 atom stereocenters. The van der Waals surface area contributed by atoms with Crippen molar-refractivity contribution in [2.45, 2.75) is 38.8 Å². The number of amides is 2. The highest BCUT2D eigenvalue weighted by atomic mass is 19.1. The van der Waals surface area contributed by atoms with Crippen LogP contribution < -0.4 is 5.32 Å². The van der Waals surface area contributed by atoms with Gasteiger partial charge in [0.1, 0.15) is 11.9 Å². The van der Waals surface area contributed by atoms with Crippen LogP contribution in [0.2, 0.25) is 0 Å². The molecule has 1 aromatic heterocycles. The second-order valence-corrected chi connectivity index (χ2v) is 8.66. The van der Waals surface area contributed by atoms with Crippen LogP contribution in [0.3, 0.4) is 0 Å².